The summed E-state index contributed by atoms with van der Waals surface area (Å²) in [7, 11) is 1.24. The van der Waals surface area contributed by atoms with Gasteiger partial charge in [-0.2, -0.15) is 0 Å². The van der Waals surface area contributed by atoms with Crippen LogP contribution in [0.15, 0.2) is 64.8 Å². The number of hydrogen-bond donors (Lipinski definition) is 1. The summed E-state index contributed by atoms with van der Waals surface area (Å²) in [5, 5.41) is 2.59. The van der Waals surface area contributed by atoms with Crippen molar-refractivity contribution in [3.05, 3.63) is 83.2 Å². The van der Waals surface area contributed by atoms with Gasteiger partial charge in [-0.1, -0.05) is 12.1 Å². The van der Waals surface area contributed by atoms with Gasteiger partial charge in [-0.3, -0.25) is 9.69 Å². The molecule has 0 aliphatic carbocycles. The molecular weight excluding hydrogens is 386 g/mol. The Hall–Kier alpha value is -4.07. The molecule has 0 radical (unpaired) electrons. The van der Waals surface area contributed by atoms with Gasteiger partial charge in [-0.05, 0) is 55.0 Å². The number of hydrogen-bond acceptors (Lipinski definition) is 5. The minimum atomic E-state index is -0.629. The van der Waals surface area contributed by atoms with Gasteiger partial charge in [0, 0.05) is 17.6 Å². The molecule has 1 N–H and O–H groups in total. The molecule has 0 spiro atoms. The number of aryl methyl sites for hydroxylation is 1. The third-order valence-corrected chi connectivity index (χ3v) is 4.68. The molecule has 3 heterocycles. The van der Waals surface area contributed by atoms with Gasteiger partial charge in [0.2, 0.25) is 5.76 Å². The lowest BCUT2D eigenvalue weighted by molar-refractivity contribution is -0.123. The normalized spacial score (nSPS) is 15.0. The van der Waals surface area contributed by atoms with E-state index in [1.54, 1.807) is 6.08 Å². The maximum absolute atomic E-state index is 12.8. The Labute approximate surface area is 172 Å². The number of nitrogens with zero attached hydrogens (tertiary/aromatic N) is 2. The first-order valence-corrected chi connectivity index (χ1v) is 9.22. The van der Waals surface area contributed by atoms with Crippen molar-refractivity contribution in [3.63, 3.8) is 0 Å². The number of carbonyl (C=O) groups is 3. The number of nitrogens with one attached hydrogen (secondary N) is 1. The van der Waals surface area contributed by atoms with E-state index in [9.17, 15) is 14.4 Å². The maximum atomic E-state index is 12.8. The lowest BCUT2D eigenvalue weighted by Crippen LogP contribution is -2.30. The third kappa shape index (κ3) is 3.62. The van der Waals surface area contributed by atoms with Crippen LogP contribution in [0.3, 0.4) is 0 Å². The van der Waals surface area contributed by atoms with Crippen molar-refractivity contribution in [1.29, 1.82) is 0 Å². The van der Waals surface area contributed by atoms with Crippen molar-refractivity contribution in [2.45, 2.75) is 13.5 Å². The third-order valence-electron chi connectivity index (χ3n) is 4.68. The molecule has 0 unspecified atom stereocenters. The highest BCUT2D eigenvalue weighted by atomic mass is 16.5. The van der Waals surface area contributed by atoms with Crippen LogP contribution in [0.25, 0.3) is 11.8 Å². The fourth-order valence-corrected chi connectivity index (χ4v) is 3.22. The van der Waals surface area contributed by atoms with Crippen LogP contribution < -0.4 is 5.32 Å². The Bertz CT molecular complexity index is 1170. The van der Waals surface area contributed by atoms with Crippen LogP contribution in [-0.4, -0.2) is 34.5 Å². The molecule has 1 fully saturated rings. The lowest BCUT2D eigenvalue weighted by Gasteiger charge is -2.09. The summed E-state index contributed by atoms with van der Waals surface area (Å²) in [6.45, 7) is 1.90. The molecule has 2 aromatic heterocycles. The standard InChI is InChI=1S/C22H19N3O5/c1-14-5-3-6-15(11-14)24-10-4-7-16(24)12-18-20(26)25(22(28)23-18)13-17-8-9-19(30-17)21(27)29-2/h3-12H,13H2,1-2H3,(H,23,28). The van der Waals surface area contributed by atoms with Crippen LogP contribution in [0.5, 0.6) is 0 Å². The second kappa shape index (κ2) is 7.75. The molecular formula is C22H19N3O5. The summed E-state index contributed by atoms with van der Waals surface area (Å²) in [6, 6.07) is 14.1. The van der Waals surface area contributed by atoms with Crippen LogP contribution in [0.1, 0.15) is 27.6 Å². The fraction of sp³-hybridized carbons (Fsp3) is 0.136. The summed E-state index contributed by atoms with van der Waals surface area (Å²) < 4.78 is 11.9. The Morgan fingerprint density at radius 3 is 2.77 bits per heavy atom. The quantitative estimate of drug-likeness (QED) is 0.400. The average molecular weight is 405 g/mol. The van der Waals surface area contributed by atoms with E-state index in [-0.39, 0.29) is 18.0 Å². The molecule has 0 atom stereocenters. The molecule has 1 aliphatic rings. The molecule has 30 heavy (non-hydrogen) atoms. The molecule has 8 nitrogen and oxygen atoms in total. The predicted octanol–water partition coefficient (Wildman–Crippen LogP) is 3.26. The maximum Gasteiger partial charge on any atom is 0.373 e. The second-order valence-electron chi connectivity index (χ2n) is 6.78. The largest absolute Gasteiger partial charge is 0.463 e. The smallest absolute Gasteiger partial charge is 0.373 e. The highest BCUT2D eigenvalue weighted by Gasteiger charge is 2.34. The number of benzene rings is 1. The van der Waals surface area contributed by atoms with Gasteiger partial charge in [-0.15, -0.1) is 0 Å². The number of urea groups is 1. The molecule has 152 valence electrons. The number of esters is 1. The van der Waals surface area contributed by atoms with Gasteiger partial charge >= 0.3 is 12.0 Å². The van der Waals surface area contributed by atoms with Crippen molar-refractivity contribution in [2.24, 2.45) is 0 Å². The van der Waals surface area contributed by atoms with Gasteiger partial charge < -0.3 is 19.0 Å². The number of methoxy groups -OCH3 is 1. The molecule has 8 heteroatoms. The summed E-state index contributed by atoms with van der Waals surface area (Å²) >= 11 is 0. The molecule has 0 bridgehead atoms. The predicted molar refractivity (Wildman–Crippen MR) is 108 cm³/mol. The number of aromatic nitrogens is 1. The molecule has 1 saturated heterocycles. The minimum absolute atomic E-state index is 0.00583. The van der Waals surface area contributed by atoms with Gasteiger partial charge in [-0.25, -0.2) is 9.59 Å². The van der Waals surface area contributed by atoms with Crippen molar-refractivity contribution >= 4 is 24.0 Å². The van der Waals surface area contributed by atoms with E-state index in [2.05, 4.69) is 10.1 Å². The zero-order valence-electron chi connectivity index (χ0n) is 16.4. The van der Waals surface area contributed by atoms with Gasteiger partial charge in [0.1, 0.15) is 11.5 Å². The van der Waals surface area contributed by atoms with Gasteiger partial charge in [0.25, 0.3) is 5.91 Å². The summed E-state index contributed by atoms with van der Waals surface area (Å²) in [6.07, 6.45) is 3.52. The number of furan rings is 1. The molecule has 1 aromatic carbocycles. The molecule has 0 saturated carbocycles. The zero-order valence-corrected chi connectivity index (χ0v) is 16.4. The van der Waals surface area contributed by atoms with Crippen molar-refractivity contribution < 1.29 is 23.5 Å². The molecule has 4 rings (SSSR count). The first kappa shape index (κ1) is 19.3. The van der Waals surface area contributed by atoms with Crippen LogP contribution in [0, 0.1) is 6.92 Å². The Morgan fingerprint density at radius 2 is 2.00 bits per heavy atom. The molecule has 1 aliphatic heterocycles. The zero-order chi connectivity index (χ0) is 21.3. The molecule has 3 amide bonds. The van der Waals surface area contributed by atoms with Crippen molar-refractivity contribution in [3.8, 4) is 5.69 Å². The van der Waals surface area contributed by atoms with Crippen LogP contribution in [0.4, 0.5) is 4.79 Å². The Balaban J connectivity index is 1.56. The van der Waals surface area contributed by atoms with E-state index < -0.39 is 17.9 Å². The number of amides is 3. The Morgan fingerprint density at radius 1 is 1.17 bits per heavy atom. The summed E-state index contributed by atoms with van der Waals surface area (Å²) in [5.74, 6) is -0.807. The van der Waals surface area contributed by atoms with Crippen LogP contribution in [-0.2, 0) is 16.1 Å². The Kier molecular flexibility index (Phi) is 4.97. The van der Waals surface area contributed by atoms with Gasteiger partial charge in [0.05, 0.1) is 13.7 Å². The topological polar surface area (TPSA) is 93.8 Å². The van der Waals surface area contributed by atoms with Crippen molar-refractivity contribution in [1.82, 2.24) is 14.8 Å². The monoisotopic (exact) mass is 405 g/mol. The number of ether oxygens (including phenoxy) is 1. The van der Waals surface area contributed by atoms with E-state index in [0.717, 1.165) is 21.8 Å². The fourth-order valence-electron chi connectivity index (χ4n) is 3.22. The first-order valence-electron chi connectivity index (χ1n) is 9.22. The average Bonchev–Trinajstić information content (AvgIpc) is 3.45. The van der Waals surface area contributed by atoms with E-state index in [4.69, 9.17) is 4.42 Å². The van der Waals surface area contributed by atoms with E-state index in [0.29, 0.717) is 5.76 Å². The lowest BCUT2D eigenvalue weighted by atomic mass is 10.2. The van der Waals surface area contributed by atoms with Crippen molar-refractivity contribution in [2.75, 3.05) is 7.11 Å². The highest BCUT2D eigenvalue weighted by molar-refractivity contribution is 6.13. The number of carbonyl (C=O) groups excluding carboxylic acids is 3. The summed E-state index contributed by atoms with van der Waals surface area (Å²) in [4.78, 5) is 37.6. The SMILES string of the molecule is COC(=O)c1ccc(CN2C(=O)NC(=Cc3cccn3-c3cccc(C)c3)C2=O)o1. The van der Waals surface area contributed by atoms with Crippen LogP contribution in [0.2, 0.25) is 0 Å². The van der Waals surface area contributed by atoms with Crippen LogP contribution >= 0.6 is 0 Å². The highest BCUT2D eigenvalue weighted by Crippen LogP contribution is 2.21. The second-order valence-corrected chi connectivity index (χ2v) is 6.78. The summed E-state index contributed by atoms with van der Waals surface area (Å²) in [5.41, 5.74) is 2.97. The number of imide groups is 1. The van der Waals surface area contributed by atoms with E-state index in [1.807, 2.05) is 54.1 Å². The van der Waals surface area contributed by atoms with E-state index in [1.165, 1.54) is 19.2 Å². The first-order chi connectivity index (χ1) is 14.5. The van der Waals surface area contributed by atoms with E-state index >= 15 is 0 Å². The number of rotatable bonds is 5. The minimum Gasteiger partial charge on any atom is -0.463 e. The molecule has 3 aromatic rings. The van der Waals surface area contributed by atoms with Gasteiger partial charge in [0.15, 0.2) is 0 Å².